The van der Waals surface area contributed by atoms with Gasteiger partial charge in [-0.2, -0.15) is 0 Å². The van der Waals surface area contributed by atoms with E-state index >= 15 is 0 Å². The van der Waals surface area contributed by atoms with Crippen LogP contribution in [0.15, 0.2) is 24.3 Å². The van der Waals surface area contributed by atoms with Gasteiger partial charge in [-0.05, 0) is 20.3 Å². The number of hydrogen-bond donors (Lipinski definition) is 0. The first kappa shape index (κ1) is 18.6. The minimum absolute atomic E-state index is 0. The molecule has 0 aromatic carbocycles. The van der Waals surface area contributed by atoms with Gasteiger partial charge in [-0.15, -0.1) is 0 Å². The summed E-state index contributed by atoms with van der Waals surface area (Å²) in [5.41, 5.74) is 0. The molecular formula is C7H12BF4Rh. The molecule has 0 aliphatic rings. The van der Waals surface area contributed by atoms with Crippen molar-refractivity contribution >= 4 is 7.25 Å². The molecule has 0 spiro atoms. The van der Waals surface area contributed by atoms with E-state index in [0.717, 1.165) is 6.42 Å². The third-order valence-electron chi connectivity index (χ3n) is 0.744. The van der Waals surface area contributed by atoms with E-state index in [0.29, 0.717) is 0 Å². The molecule has 6 heteroatoms. The van der Waals surface area contributed by atoms with Crippen molar-refractivity contribution in [2.45, 2.75) is 20.3 Å². The second-order valence-electron chi connectivity index (χ2n) is 1.87. The van der Waals surface area contributed by atoms with Gasteiger partial charge in [-0.3, -0.25) is 0 Å². The maximum Gasteiger partial charge on any atom is 1.00 e. The summed E-state index contributed by atoms with van der Waals surface area (Å²) in [7, 11) is -6.00. The number of allylic oxidation sites excluding steroid dienone is 4. The second kappa shape index (κ2) is 11.9. The van der Waals surface area contributed by atoms with E-state index < -0.39 is 7.25 Å². The molecule has 0 nitrogen and oxygen atoms in total. The Hall–Kier alpha value is -0.112. The summed E-state index contributed by atoms with van der Waals surface area (Å²) in [6.45, 7) is 4.06. The van der Waals surface area contributed by atoms with E-state index in [1.54, 1.807) is 0 Å². The molecule has 0 N–H and O–H groups in total. The quantitative estimate of drug-likeness (QED) is 0.411. The van der Waals surface area contributed by atoms with Gasteiger partial charge in [0.1, 0.15) is 0 Å². The molecule has 0 aromatic rings. The first-order valence-electron chi connectivity index (χ1n) is 3.51. The molecule has 0 atom stereocenters. The fourth-order valence-corrected chi connectivity index (χ4v) is 0.351. The molecule has 0 aliphatic carbocycles. The standard InChI is InChI=1S/C7H12.BF4.Rh/c1-3-5-7-6-4-2;2-1(3,4)5;/h3-6H,7H2,1-2H3;;/q;-1;+1. The summed E-state index contributed by atoms with van der Waals surface area (Å²) in [5.74, 6) is 0. The Kier molecular flexibility index (Phi) is 17.0. The minimum Gasteiger partial charge on any atom is -0.418 e. The Balaban J connectivity index is -0.000000150. The largest absolute Gasteiger partial charge is 1.00 e. The van der Waals surface area contributed by atoms with E-state index in [1.165, 1.54) is 0 Å². The predicted octanol–water partition coefficient (Wildman–Crippen LogP) is 3.83. The van der Waals surface area contributed by atoms with Gasteiger partial charge in [-0.25, -0.2) is 0 Å². The van der Waals surface area contributed by atoms with Gasteiger partial charge in [0.15, 0.2) is 0 Å². The molecular weight excluding hydrogens is 274 g/mol. The molecule has 13 heavy (non-hydrogen) atoms. The van der Waals surface area contributed by atoms with Gasteiger partial charge in [0.2, 0.25) is 0 Å². The van der Waals surface area contributed by atoms with Crippen LogP contribution in [0, 0.1) is 0 Å². The second-order valence-corrected chi connectivity index (χ2v) is 1.87. The summed E-state index contributed by atoms with van der Waals surface area (Å²) in [6, 6.07) is 0. The summed E-state index contributed by atoms with van der Waals surface area (Å²) >= 11 is 0. The molecule has 0 amide bonds. The number of rotatable bonds is 2. The van der Waals surface area contributed by atoms with Crippen LogP contribution in [0.3, 0.4) is 0 Å². The molecule has 0 radical (unpaired) electrons. The fourth-order valence-electron chi connectivity index (χ4n) is 0.351. The zero-order valence-corrected chi connectivity index (χ0v) is 9.08. The fraction of sp³-hybridized carbons (Fsp3) is 0.429. The maximum absolute atomic E-state index is 9.75. The van der Waals surface area contributed by atoms with Crippen LogP contribution in [0.2, 0.25) is 0 Å². The average molecular weight is 286 g/mol. The summed E-state index contributed by atoms with van der Waals surface area (Å²) in [5, 5.41) is 0. The first-order chi connectivity index (χ1) is 5.41. The van der Waals surface area contributed by atoms with Crippen LogP contribution in [0.1, 0.15) is 20.3 Å². The smallest absolute Gasteiger partial charge is 0.418 e. The Labute approximate surface area is 89.0 Å². The topological polar surface area (TPSA) is 0 Å². The van der Waals surface area contributed by atoms with Crippen LogP contribution in [-0.2, 0) is 19.5 Å². The predicted molar refractivity (Wildman–Crippen MR) is 44.4 cm³/mol. The van der Waals surface area contributed by atoms with Crippen molar-refractivity contribution in [3.8, 4) is 0 Å². The molecule has 0 saturated heterocycles. The molecule has 0 unspecified atom stereocenters. The monoisotopic (exact) mass is 286 g/mol. The van der Waals surface area contributed by atoms with Crippen LogP contribution in [0.5, 0.6) is 0 Å². The van der Waals surface area contributed by atoms with Gasteiger partial charge in [0, 0.05) is 0 Å². The Morgan fingerprint density at radius 2 is 1.15 bits per heavy atom. The molecule has 0 rings (SSSR count). The van der Waals surface area contributed by atoms with Crippen molar-refractivity contribution in [3.63, 3.8) is 0 Å². The summed E-state index contributed by atoms with van der Waals surface area (Å²) < 4.78 is 39.0. The van der Waals surface area contributed by atoms with Crippen LogP contribution in [0.25, 0.3) is 0 Å². The zero-order valence-electron chi connectivity index (χ0n) is 7.44. The minimum atomic E-state index is -6.00. The maximum atomic E-state index is 9.75. The van der Waals surface area contributed by atoms with Crippen molar-refractivity contribution in [2.75, 3.05) is 0 Å². The summed E-state index contributed by atoms with van der Waals surface area (Å²) in [6.07, 6.45) is 9.44. The van der Waals surface area contributed by atoms with Crippen molar-refractivity contribution in [3.05, 3.63) is 24.3 Å². The van der Waals surface area contributed by atoms with E-state index in [-0.39, 0.29) is 19.5 Å². The molecule has 80 valence electrons. The zero-order chi connectivity index (χ0) is 10.0. The third kappa shape index (κ3) is 76.9. The third-order valence-corrected chi connectivity index (χ3v) is 0.744. The van der Waals surface area contributed by atoms with E-state index in [2.05, 4.69) is 24.3 Å². The van der Waals surface area contributed by atoms with Crippen LogP contribution < -0.4 is 0 Å². The molecule has 0 fully saturated rings. The number of halogens is 4. The molecule has 0 heterocycles. The van der Waals surface area contributed by atoms with Crippen molar-refractivity contribution in [1.29, 1.82) is 0 Å². The van der Waals surface area contributed by atoms with Gasteiger partial charge in [0.05, 0.1) is 0 Å². The Morgan fingerprint density at radius 1 is 0.923 bits per heavy atom. The van der Waals surface area contributed by atoms with Crippen LogP contribution in [-0.4, -0.2) is 7.25 Å². The Bertz CT molecular complexity index is 126. The molecule has 0 aliphatic heterocycles. The van der Waals surface area contributed by atoms with Crippen LogP contribution in [0.4, 0.5) is 17.3 Å². The molecule has 0 bridgehead atoms. The summed E-state index contributed by atoms with van der Waals surface area (Å²) in [4.78, 5) is 0. The SMILES string of the molecule is CC=CCC=CC.F[B-](F)(F)F.[Rh+]. The van der Waals surface area contributed by atoms with Gasteiger partial charge in [-0.1, -0.05) is 24.3 Å². The molecule has 0 aromatic heterocycles. The Morgan fingerprint density at radius 3 is 1.31 bits per heavy atom. The van der Waals surface area contributed by atoms with Crippen molar-refractivity contribution < 1.29 is 36.7 Å². The van der Waals surface area contributed by atoms with E-state index in [1.807, 2.05) is 13.8 Å². The van der Waals surface area contributed by atoms with E-state index in [9.17, 15) is 17.3 Å². The number of hydrogen-bond acceptors (Lipinski definition) is 0. The van der Waals surface area contributed by atoms with Crippen molar-refractivity contribution in [2.24, 2.45) is 0 Å². The van der Waals surface area contributed by atoms with E-state index in [4.69, 9.17) is 0 Å². The van der Waals surface area contributed by atoms with Gasteiger partial charge in [0.25, 0.3) is 0 Å². The van der Waals surface area contributed by atoms with Gasteiger partial charge < -0.3 is 17.3 Å². The van der Waals surface area contributed by atoms with Gasteiger partial charge >= 0.3 is 26.7 Å². The van der Waals surface area contributed by atoms with Crippen molar-refractivity contribution in [1.82, 2.24) is 0 Å². The first-order valence-corrected chi connectivity index (χ1v) is 3.51. The normalized spacial score (nSPS) is 10.9. The van der Waals surface area contributed by atoms with Crippen LogP contribution >= 0.6 is 0 Å². The average Bonchev–Trinajstić information content (AvgIpc) is 1.85. The molecule has 0 saturated carbocycles.